The van der Waals surface area contributed by atoms with E-state index in [0.717, 1.165) is 11.1 Å². The Kier molecular flexibility index (Phi) is 4.89. The van der Waals surface area contributed by atoms with Crippen LogP contribution in [0.2, 0.25) is 0 Å². The summed E-state index contributed by atoms with van der Waals surface area (Å²) in [6.45, 7) is 0. The van der Waals surface area contributed by atoms with Crippen molar-refractivity contribution in [1.29, 1.82) is 0 Å². The number of ketones is 1. The molecule has 1 aliphatic rings. The van der Waals surface area contributed by atoms with Gasteiger partial charge in [-0.15, -0.1) is 0 Å². The van der Waals surface area contributed by atoms with Crippen molar-refractivity contribution in [3.63, 3.8) is 0 Å². The second-order valence-corrected chi connectivity index (χ2v) is 6.93. The number of Topliss-reactive ketones (excluding diaryl/α,β-unsaturated/α-hetero) is 1. The lowest BCUT2D eigenvalue weighted by Crippen LogP contribution is -2.27. The lowest BCUT2D eigenvalue weighted by atomic mass is 9.79. The van der Waals surface area contributed by atoms with Crippen molar-refractivity contribution in [1.82, 2.24) is 15.0 Å². The minimum absolute atomic E-state index is 0.0180. The fourth-order valence-corrected chi connectivity index (χ4v) is 3.79. The van der Waals surface area contributed by atoms with Crippen LogP contribution >= 0.6 is 0 Å². The highest BCUT2D eigenvalue weighted by Gasteiger charge is 2.42. The summed E-state index contributed by atoms with van der Waals surface area (Å²) in [5.41, 5.74) is 5.98. The van der Waals surface area contributed by atoms with E-state index in [1.54, 1.807) is 12.1 Å². The molecule has 1 aromatic carbocycles. The summed E-state index contributed by atoms with van der Waals surface area (Å²) in [6, 6.07) is 12.7. The highest BCUT2D eigenvalue weighted by atomic mass is 19.4. The molecule has 2 aromatic heterocycles. The van der Waals surface area contributed by atoms with Gasteiger partial charge in [-0.2, -0.15) is 13.2 Å². The number of nitrogen functional groups attached to an aromatic ring is 1. The minimum Gasteiger partial charge on any atom is -0.481 e. The van der Waals surface area contributed by atoms with Gasteiger partial charge < -0.3 is 10.5 Å². The average Bonchev–Trinajstić information content (AvgIpc) is 2.72. The number of aromatic nitrogens is 3. The van der Waals surface area contributed by atoms with E-state index < -0.39 is 29.2 Å². The molecule has 154 valence electrons. The van der Waals surface area contributed by atoms with Crippen LogP contribution in [0.1, 0.15) is 39.6 Å². The second kappa shape index (κ2) is 7.40. The number of carbonyl (C=O) groups excluding carboxylic acids is 1. The van der Waals surface area contributed by atoms with Gasteiger partial charge in [0.25, 0.3) is 0 Å². The SMILES string of the molecule is COc1cccc(-c2ccccc2C2CC(=O)c3c(nc(N)nc3C(F)(F)F)C2)n1. The van der Waals surface area contributed by atoms with Crippen LogP contribution in [0.4, 0.5) is 19.1 Å². The first-order valence-electron chi connectivity index (χ1n) is 9.15. The molecule has 30 heavy (non-hydrogen) atoms. The number of anilines is 1. The first-order chi connectivity index (χ1) is 14.3. The summed E-state index contributed by atoms with van der Waals surface area (Å²) in [7, 11) is 1.51. The molecule has 0 bridgehead atoms. The molecule has 6 nitrogen and oxygen atoms in total. The molecule has 4 rings (SSSR count). The van der Waals surface area contributed by atoms with Gasteiger partial charge >= 0.3 is 6.18 Å². The molecule has 0 saturated carbocycles. The maximum Gasteiger partial charge on any atom is 0.434 e. The Morgan fingerprint density at radius 1 is 1.03 bits per heavy atom. The number of hydrogen-bond donors (Lipinski definition) is 1. The Morgan fingerprint density at radius 3 is 2.53 bits per heavy atom. The van der Waals surface area contributed by atoms with E-state index >= 15 is 0 Å². The van der Waals surface area contributed by atoms with Crippen LogP contribution in [0.25, 0.3) is 11.3 Å². The molecule has 2 heterocycles. The van der Waals surface area contributed by atoms with Gasteiger partial charge in [-0.25, -0.2) is 15.0 Å². The molecular formula is C21H17F3N4O2. The van der Waals surface area contributed by atoms with Gasteiger partial charge in [0.15, 0.2) is 11.5 Å². The van der Waals surface area contributed by atoms with Gasteiger partial charge in [0, 0.05) is 18.1 Å². The summed E-state index contributed by atoms with van der Waals surface area (Å²) < 4.78 is 45.3. The summed E-state index contributed by atoms with van der Waals surface area (Å²) in [5, 5.41) is 0. The van der Waals surface area contributed by atoms with Gasteiger partial charge in [-0.3, -0.25) is 4.79 Å². The van der Waals surface area contributed by atoms with Crippen molar-refractivity contribution in [3.8, 4) is 17.1 Å². The van der Waals surface area contributed by atoms with Crippen LogP contribution < -0.4 is 10.5 Å². The van der Waals surface area contributed by atoms with E-state index in [4.69, 9.17) is 10.5 Å². The first kappa shape index (κ1) is 19.8. The molecule has 0 saturated heterocycles. The molecule has 0 radical (unpaired) electrons. The van der Waals surface area contributed by atoms with Crippen LogP contribution in [0.5, 0.6) is 5.88 Å². The highest BCUT2D eigenvalue weighted by Crippen LogP contribution is 2.41. The molecule has 1 aliphatic carbocycles. The number of carbonyl (C=O) groups is 1. The summed E-state index contributed by atoms with van der Waals surface area (Å²) in [6.07, 6.45) is -4.74. The van der Waals surface area contributed by atoms with E-state index in [1.807, 2.05) is 30.3 Å². The largest absolute Gasteiger partial charge is 0.481 e. The average molecular weight is 414 g/mol. The molecular weight excluding hydrogens is 397 g/mol. The number of methoxy groups -OCH3 is 1. The van der Waals surface area contributed by atoms with E-state index in [-0.39, 0.29) is 24.5 Å². The lowest BCUT2D eigenvalue weighted by molar-refractivity contribution is -0.141. The first-order valence-corrected chi connectivity index (χ1v) is 9.15. The number of ether oxygens (including phenoxy) is 1. The zero-order valence-electron chi connectivity index (χ0n) is 15.9. The number of halogens is 3. The maximum absolute atomic E-state index is 13.4. The Bertz CT molecular complexity index is 1130. The molecule has 1 atom stereocenters. The quantitative estimate of drug-likeness (QED) is 0.695. The monoisotopic (exact) mass is 414 g/mol. The molecule has 0 amide bonds. The molecule has 9 heteroatoms. The number of nitrogens with zero attached hydrogens (tertiary/aromatic N) is 3. The number of hydrogen-bond acceptors (Lipinski definition) is 6. The predicted molar refractivity (Wildman–Crippen MR) is 103 cm³/mol. The van der Waals surface area contributed by atoms with E-state index in [1.165, 1.54) is 7.11 Å². The topological polar surface area (TPSA) is 91.0 Å². The van der Waals surface area contributed by atoms with Gasteiger partial charge in [0.2, 0.25) is 11.8 Å². The summed E-state index contributed by atoms with van der Waals surface area (Å²) >= 11 is 0. The predicted octanol–water partition coefficient (Wildman–Crippen LogP) is 4.06. The van der Waals surface area contributed by atoms with Crippen molar-refractivity contribution >= 4 is 11.7 Å². The highest BCUT2D eigenvalue weighted by molar-refractivity contribution is 6.00. The minimum atomic E-state index is -4.79. The van der Waals surface area contributed by atoms with Crippen molar-refractivity contribution in [3.05, 3.63) is 65.0 Å². The number of pyridine rings is 1. The summed E-state index contributed by atoms with van der Waals surface area (Å²) in [4.78, 5) is 24.4. The third kappa shape index (κ3) is 3.58. The number of benzene rings is 1. The van der Waals surface area contributed by atoms with Crippen LogP contribution in [-0.4, -0.2) is 27.8 Å². The molecule has 3 aromatic rings. The lowest BCUT2D eigenvalue weighted by Gasteiger charge is -2.26. The molecule has 2 N–H and O–H groups in total. The second-order valence-electron chi connectivity index (χ2n) is 6.93. The fourth-order valence-electron chi connectivity index (χ4n) is 3.79. The van der Waals surface area contributed by atoms with Gasteiger partial charge in [0.05, 0.1) is 24.1 Å². The zero-order chi connectivity index (χ0) is 21.5. The standard InChI is InChI=1S/C21H17F3N4O2/c1-30-17-8-4-7-14(26-17)13-6-3-2-5-12(13)11-9-15-18(16(29)10-11)19(21(22,23)24)28-20(25)27-15/h2-8,11H,9-10H2,1H3,(H2,25,27,28). The number of alkyl halides is 3. The van der Waals surface area contributed by atoms with Crippen LogP contribution in [0, 0.1) is 0 Å². The Morgan fingerprint density at radius 2 is 1.80 bits per heavy atom. The van der Waals surface area contributed by atoms with E-state index in [2.05, 4.69) is 15.0 Å². The molecule has 1 unspecified atom stereocenters. The third-order valence-electron chi connectivity index (χ3n) is 5.03. The third-order valence-corrected chi connectivity index (χ3v) is 5.03. The van der Waals surface area contributed by atoms with Gasteiger partial charge in [0.1, 0.15) is 0 Å². The van der Waals surface area contributed by atoms with E-state index in [9.17, 15) is 18.0 Å². The fraction of sp³-hybridized carbons (Fsp3) is 0.238. The molecule has 0 fully saturated rings. The molecule has 0 aliphatic heterocycles. The van der Waals surface area contributed by atoms with Crippen molar-refractivity contribution < 1.29 is 22.7 Å². The Hall–Kier alpha value is -3.49. The number of rotatable bonds is 3. The van der Waals surface area contributed by atoms with Gasteiger partial charge in [-0.05, 0) is 24.0 Å². The number of fused-ring (bicyclic) bond motifs is 1. The zero-order valence-corrected chi connectivity index (χ0v) is 15.9. The van der Waals surface area contributed by atoms with Crippen LogP contribution in [0.3, 0.4) is 0 Å². The smallest absolute Gasteiger partial charge is 0.434 e. The Balaban J connectivity index is 1.79. The van der Waals surface area contributed by atoms with Crippen molar-refractivity contribution in [2.45, 2.75) is 24.9 Å². The summed E-state index contributed by atoms with van der Waals surface area (Å²) in [5.74, 6) is -1.09. The van der Waals surface area contributed by atoms with E-state index in [0.29, 0.717) is 11.6 Å². The van der Waals surface area contributed by atoms with Crippen molar-refractivity contribution in [2.75, 3.05) is 12.8 Å². The normalized spacial score (nSPS) is 16.3. The van der Waals surface area contributed by atoms with Gasteiger partial charge in [-0.1, -0.05) is 30.3 Å². The Labute approximate surface area is 169 Å². The van der Waals surface area contributed by atoms with Crippen LogP contribution in [-0.2, 0) is 12.6 Å². The van der Waals surface area contributed by atoms with Crippen LogP contribution in [0.15, 0.2) is 42.5 Å². The number of nitrogens with two attached hydrogens (primary N) is 1. The van der Waals surface area contributed by atoms with Crippen molar-refractivity contribution in [2.24, 2.45) is 0 Å². The molecule has 0 spiro atoms. The maximum atomic E-state index is 13.4.